The molecule has 0 radical (unpaired) electrons. The first-order valence-corrected chi connectivity index (χ1v) is 6.76. The first kappa shape index (κ1) is 14.2. The first-order chi connectivity index (χ1) is 8.05. The van der Waals surface area contributed by atoms with Gasteiger partial charge in [0.1, 0.15) is 0 Å². The van der Waals surface area contributed by atoms with E-state index in [4.69, 9.17) is 0 Å². The van der Waals surface area contributed by atoms with Crippen LogP contribution in [-0.4, -0.2) is 33.1 Å². The highest BCUT2D eigenvalue weighted by atomic mass is 15.2. The fraction of sp³-hybridized carbons (Fsp3) is 0.786. The molecule has 1 aliphatic heterocycles. The summed E-state index contributed by atoms with van der Waals surface area (Å²) in [7, 11) is 0. The zero-order valence-electron chi connectivity index (χ0n) is 12.0. The van der Waals surface area contributed by atoms with Crippen molar-refractivity contribution in [1.82, 2.24) is 14.5 Å². The van der Waals surface area contributed by atoms with Crippen molar-refractivity contribution in [2.75, 3.05) is 13.1 Å². The molecule has 17 heavy (non-hydrogen) atoms. The van der Waals surface area contributed by atoms with E-state index in [0.29, 0.717) is 5.54 Å². The van der Waals surface area contributed by atoms with Crippen molar-refractivity contribution in [2.45, 2.75) is 53.1 Å². The van der Waals surface area contributed by atoms with E-state index in [2.05, 4.69) is 41.4 Å². The van der Waals surface area contributed by atoms with E-state index in [9.17, 15) is 0 Å². The largest absolute Gasteiger partial charge is 0.337 e. The summed E-state index contributed by atoms with van der Waals surface area (Å²) in [5, 5.41) is 0. The molecule has 3 nitrogen and oxygen atoms in total. The van der Waals surface area contributed by atoms with E-state index in [0.717, 1.165) is 12.5 Å². The van der Waals surface area contributed by atoms with Gasteiger partial charge in [-0.3, -0.25) is 4.90 Å². The molecule has 0 saturated carbocycles. The van der Waals surface area contributed by atoms with Gasteiger partial charge in [0, 0.05) is 31.0 Å². The zero-order chi connectivity index (χ0) is 12.9. The van der Waals surface area contributed by atoms with Gasteiger partial charge in [0.2, 0.25) is 0 Å². The van der Waals surface area contributed by atoms with Crippen LogP contribution in [0, 0.1) is 5.92 Å². The molecular weight excluding hydrogens is 210 g/mol. The standard InChI is InChI=1S/C12H21N3.C2H6/c1-12(2,3)15-6-4-11(9-15)8-14-7-5-13-10-14;1-2/h5,7,10-11H,4,6,8-9H2,1-3H3;1-2H3/t11-;/m0./s1. The number of hydrogen-bond donors (Lipinski definition) is 0. The van der Waals surface area contributed by atoms with E-state index in [1.807, 2.05) is 26.4 Å². The number of likely N-dealkylation sites (tertiary alicyclic amines) is 1. The Morgan fingerprint density at radius 2 is 2.00 bits per heavy atom. The molecule has 1 fully saturated rings. The maximum absolute atomic E-state index is 4.08. The average molecular weight is 237 g/mol. The van der Waals surface area contributed by atoms with Gasteiger partial charge in [-0.15, -0.1) is 0 Å². The number of rotatable bonds is 2. The Bertz CT molecular complexity index is 298. The van der Waals surface area contributed by atoms with Gasteiger partial charge >= 0.3 is 0 Å². The molecule has 0 bridgehead atoms. The van der Waals surface area contributed by atoms with Gasteiger partial charge in [0.05, 0.1) is 6.33 Å². The van der Waals surface area contributed by atoms with Crippen molar-refractivity contribution in [3.05, 3.63) is 18.7 Å². The number of imidazole rings is 1. The van der Waals surface area contributed by atoms with Crippen LogP contribution in [0.3, 0.4) is 0 Å². The van der Waals surface area contributed by atoms with Crippen LogP contribution >= 0.6 is 0 Å². The van der Waals surface area contributed by atoms with Gasteiger partial charge in [-0.1, -0.05) is 13.8 Å². The number of aromatic nitrogens is 2. The first-order valence-electron chi connectivity index (χ1n) is 6.76. The van der Waals surface area contributed by atoms with Crippen LogP contribution in [0.2, 0.25) is 0 Å². The summed E-state index contributed by atoms with van der Waals surface area (Å²) >= 11 is 0. The third kappa shape index (κ3) is 4.15. The van der Waals surface area contributed by atoms with Gasteiger partial charge in [0.15, 0.2) is 0 Å². The van der Waals surface area contributed by atoms with Gasteiger partial charge in [0.25, 0.3) is 0 Å². The van der Waals surface area contributed by atoms with Crippen molar-refractivity contribution in [2.24, 2.45) is 5.92 Å². The Hall–Kier alpha value is -0.830. The highest BCUT2D eigenvalue weighted by Crippen LogP contribution is 2.25. The van der Waals surface area contributed by atoms with Gasteiger partial charge in [-0.25, -0.2) is 4.98 Å². The highest BCUT2D eigenvalue weighted by molar-refractivity contribution is 4.86. The predicted molar refractivity (Wildman–Crippen MR) is 73.0 cm³/mol. The Kier molecular flexibility index (Phi) is 5.19. The molecule has 2 heterocycles. The van der Waals surface area contributed by atoms with Crippen LogP contribution in [0.15, 0.2) is 18.7 Å². The second-order valence-corrected chi connectivity index (χ2v) is 5.53. The van der Waals surface area contributed by atoms with E-state index < -0.39 is 0 Å². The molecule has 1 aromatic rings. The zero-order valence-corrected chi connectivity index (χ0v) is 12.0. The summed E-state index contributed by atoms with van der Waals surface area (Å²) in [6.45, 7) is 14.5. The second-order valence-electron chi connectivity index (χ2n) is 5.53. The quantitative estimate of drug-likeness (QED) is 0.788. The van der Waals surface area contributed by atoms with Crippen molar-refractivity contribution in [3.8, 4) is 0 Å². The Morgan fingerprint density at radius 1 is 1.29 bits per heavy atom. The lowest BCUT2D eigenvalue weighted by molar-refractivity contribution is 0.166. The summed E-state index contributed by atoms with van der Waals surface area (Å²) in [6.07, 6.45) is 7.14. The van der Waals surface area contributed by atoms with Crippen LogP contribution < -0.4 is 0 Å². The molecule has 0 N–H and O–H groups in total. The minimum absolute atomic E-state index is 0.323. The molecule has 0 aromatic carbocycles. The lowest BCUT2D eigenvalue weighted by Crippen LogP contribution is -2.39. The molecule has 1 aliphatic rings. The van der Waals surface area contributed by atoms with E-state index in [1.54, 1.807) is 0 Å². The van der Waals surface area contributed by atoms with E-state index >= 15 is 0 Å². The third-order valence-corrected chi connectivity index (χ3v) is 3.26. The van der Waals surface area contributed by atoms with E-state index in [-0.39, 0.29) is 0 Å². The fourth-order valence-corrected chi connectivity index (χ4v) is 2.28. The van der Waals surface area contributed by atoms with Crippen molar-refractivity contribution < 1.29 is 0 Å². The minimum Gasteiger partial charge on any atom is -0.337 e. The van der Waals surface area contributed by atoms with E-state index in [1.165, 1.54) is 19.5 Å². The van der Waals surface area contributed by atoms with Crippen LogP contribution in [0.5, 0.6) is 0 Å². The van der Waals surface area contributed by atoms with Crippen LogP contribution in [0.4, 0.5) is 0 Å². The minimum atomic E-state index is 0.323. The molecule has 0 unspecified atom stereocenters. The summed E-state index contributed by atoms with van der Waals surface area (Å²) in [5.74, 6) is 0.790. The Morgan fingerprint density at radius 3 is 2.47 bits per heavy atom. The fourth-order valence-electron chi connectivity index (χ4n) is 2.28. The third-order valence-electron chi connectivity index (χ3n) is 3.26. The van der Waals surface area contributed by atoms with Gasteiger partial charge in [-0.05, 0) is 39.7 Å². The van der Waals surface area contributed by atoms with Gasteiger partial charge < -0.3 is 4.57 Å². The second kappa shape index (κ2) is 6.20. The van der Waals surface area contributed by atoms with Gasteiger partial charge in [-0.2, -0.15) is 0 Å². The smallest absolute Gasteiger partial charge is 0.0946 e. The molecule has 1 saturated heterocycles. The molecule has 1 aromatic heterocycles. The lowest BCUT2D eigenvalue weighted by Gasteiger charge is -2.31. The summed E-state index contributed by atoms with van der Waals surface area (Å²) < 4.78 is 2.19. The Labute approximate surface area is 106 Å². The summed E-state index contributed by atoms with van der Waals surface area (Å²) in [4.78, 5) is 6.66. The van der Waals surface area contributed by atoms with Crippen LogP contribution in [-0.2, 0) is 6.54 Å². The molecular formula is C14H27N3. The van der Waals surface area contributed by atoms with Crippen molar-refractivity contribution >= 4 is 0 Å². The topological polar surface area (TPSA) is 21.1 Å². The molecule has 98 valence electrons. The normalized spacial score (nSPS) is 21.1. The molecule has 1 atom stereocenters. The molecule has 3 heteroatoms. The van der Waals surface area contributed by atoms with Crippen molar-refractivity contribution in [3.63, 3.8) is 0 Å². The number of hydrogen-bond acceptors (Lipinski definition) is 2. The molecule has 0 aliphatic carbocycles. The maximum atomic E-state index is 4.08. The maximum Gasteiger partial charge on any atom is 0.0946 e. The SMILES string of the molecule is CC.CC(C)(C)N1CC[C@@H](Cn2ccnc2)C1. The Balaban J connectivity index is 0.000000686. The average Bonchev–Trinajstić information content (AvgIpc) is 2.91. The molecule has 2 rings (SSSR count). The monoisotopic (exact) mass is 237 g/mol. The van der Waals surface area contributed by atoms with Crippen molar-refractivity contribution in [1.29, 1.82) is 0 Å². The van der Waals surface area contributed by atoms with Crippen LogP contribution in [0.1, 0.15) is 41.0 Å². The summed E-state index contributed by atoms with van der Waals surface area (Å²) in [5.41, 5.74) is 0.323. The highest BCUT2D eigenvalue weighted by Gasteiger charge is 2.29. The molecule has 0 spiro atoms. The summed E-state index contributed by atoms with van der Waals surface area (Å²) in [6, 6.07) is 0. The number of nitrogens with zero attached hydrogens (tertiary/aromatic N) is 3. The lowest BCUT2D eigenvalue weighted by atomic mass is 10.1. The molecule has 0 amide bonds. The predicted octanol–water partition coefficient (Wildman–Crippen LogP) is 3.03. The van der Waals surface area contributed by atoms with Crippen LogP contribution in [0.25, 0.3) is 0 Å².